The van der Waals surface area contributed by atoms with Crippen molar-refractivity contribution in [2.24, 2.45) is 5.92 Å². The number of benzene rings is 3. The van der Waals surface area contributed by atoms with Gasteiger partial charge in [0.15, 0.2) is 0 Å². The third kappa shape index (κ3) is 6.62. The van der Waals surface area contributed by atoms with Crippen molar-refractivity contribution in [1.82, 2.24) is 4.90 Å². The zero-order valence-corrected chi connectivity index (χ0v) is 20.2. The van der Waals surface area contributed by atoms with E-state index in [1.807, 2.05) is 36.0 Å². The number of methoxy groups -OCH3 is 1. The van der Waals surface area contributed by atoms with E-state index in [2.05, 4.69) is 65.7 Å². The molecule has 4 nitrogen and oxygen atoms in total. The molecule has 33 heavy (non-hydrogen) atoms. The van der Waals surface area contributed by atoms with Gasteiger partial charge in [-0.25, -0.2) is 0 Å². The number of amides is 1. The Labute approximate surface area is 201 Å². The molecule has 0 spiro atoms. The summed E-state index contributed by atoms with van der Waals surface area (Å²) >= 11 is 1.83. The van der Waals surface area contributed by atoms with Crippen LogP contribution in [0, 0.1) is 12.8 Å². The molecule has 4 rings (SSSR count). The molecule has 0 aromatic heterocycles. The lowest BCUT2D eigenvalue weighted by Gasteiger charge is -2.31. The van der Waals surface area contributed by atoms with E-state index >= 15 is 0 Å². The largest absolute Gasteiger partial charge is 0.497 e. The summed E-state index contributed by atoms with van der Waals surface area (Å²) in [6, 6.07) is 25.0. The van der Waals surface area contributed by atoms with E-state index in [0.717, 1.165) is 55.2 Å². The first-order valence-corrected chi connectivity index (χ1v) is 12.5. The molecule has 1 aliphatic heterocycles. The maximum atomic E-state index is 12.9. The average molecular weight is 461 g/mol. The molecule has 1 saturated heterocycles. The third-order valence-corrected chi connectivity index (χ3v) is 7.28. The number of piperidine rings is 1. The van der Waals surface area contributed by atoms with Gasteiger partial charge in [0.1, 0.15) is 5.75 Å². The van der Waals surface area contributed by atoms with Crippen molar-refractivity contribution in [2.75, 3.05) is 25.5 Å². The summed E-state index contributed by atoms with van der Waals surface area (Å²) in [6.45, 7) is 4.84. The van der Waals surface area contributed by atoms with Gasteiger partial charge in [-0.2, -0.15) is 0 Å². The molecule has 0 radical (unpaired) electrons. The third-order valence-electron chi connectivity index (χ3n) is 6.20. The second-order valence-electron chi connectivity index (χ2n) is 8.64. The smallest absolute Gasteiger partial charge is 0.227 e. The first-order valence-electron chi connectivity index (χ1n) is 11.5. The van der Waals surface area contributed by atoms with Gasteiger partial charge in [0.25, 0.3) is 0 Å². The van der Waals surface area contributed by atoms with Gasteiger partial charge in [-0.3, -0.25) is 9.69 Å². The van der Waals surface area contributed by atoms with Crippen molar-refractivity contribution in [1.29, 1.82) is 0 Å². The number of anilines is 1. The van der Waals surface area contributed by atoms with Crippen LogP contribution in [0.15, 0.2) is 77.7 Å². The molecule has 172 valence electrons. The molecule has 0 unspecified atom stereocenters. The van der Waals surface area contributed by atoms with Crippen LogP contribution in [0.1, 0.15) is 29.5 Å². The highest BCUT2D eigenvalue weighted by atomic mass is 32.2. The van der Waals surface area contributed by atoms with Crippen molar-refractivity contribution in [2.45, 2.75) is 37.0 Å². The number of ether oxygens (including phenoxy) is 1. The summed E-state index contributed by atoms with van der Waals surface area (Å²) in [5.74, 6) is 2.02. The van der Waals surface area contributed by atoms with Crippen molar-refractivity contribution in [3.63, 3.8) is 0 Å². The van der Waals surface area contributed by atoms with Crippen LogP contribution in [-0.2, 0) is 17.1 Å². The van der Waals surface area contributed by atoms with Crippen LogP contribution in [0.4, 0.5) is 5.69 Å². The number of hydrogen-bond donors (Lipinski definition) is 1. The second-order valence-corrected chi connectivity index (χ2v) is 9.69. The maximum absolute atomic E-state index is 12.9. The Morgan fingerprint density at radius 1 is 1.00 bits per heavy atom. The normalized spacial score (nSPS) is 14.7. The van der Waals surface area contributed by atoms with Gasteiger partial charge < -0.3 is 10.1 Å². The number of rotatable bonds is 8. The fraction of sp³-hybridized carbons (Fsp3) is 0.321. The van der Waals surface area contributed by atoms with Crippen LogP contribution in [0.5, 0.6) is 5.75 Å². The molecule has 3 aromatic carbocycles. The Kier molecular flexibility index (Phi) is 8.08. The van der Waals surface area contributed by atoms with Gasteiger partial charge in [-0.05, 0) is 79.9 Å². The fourth-order valence-electron chi connectivity index (χ4n) is 4.26. The molecule has 0 saturated carbocycles. The van der Waals surface area contributed by atoms with E-state index in [4.69, 9.17) is 4.74 Å². The van der Waals surface area contributed by atoms with Crippen molar-refractivity contribution < 1.29 is 9.53 Å². The number of nitrogens with zero attached hydrogens (tertiary/aromatic N) is 1. The minimum atomic E-state index is 0.0688. The average Bonchev–Trinajstić information content (AvgIpc) is 2.85. The molecule has 1 aliphatic rings. The van der Waals surface area contributed by atoms with Crippen molar-refractivity contribution >= 4 is 23.4 Å². The Morgan fingerprint density at radius 2 is 1.79 bits per heavy atom. The van der Waals surface area contributed by atoms with Crippen molar-refractivity contribution in [3.05, 3.63) is 89.5 Å². The van der Waals surface area contributed by atoms with Crippen LogP contribution >= 0.6 is 11.8 Å². The highest BCUT2D eigenvalue weighted by molar-refractivity contribution is 7.98. The van der Waals surface area contributed by atoms with Gasteiger partial charge in [0.2, 0.25) is 5.91 Å². The van der Waals surface area contributed by atoms with Crippen LogP contribution in [-0.4, -0.2) is 31.0 Å². The van der Waals surface area contributed by atoms with Gasteiger partial charge in [-0.1, -0.05) is 42.5 Å². The predicted octanol–water partition coefficient (Wildman–Crippen LogP) is 6.15. The monoisotopic (exact) mass is 460 g/mol. The maximum Gasteiger partial charge on any atom is 0.227 e. The second kappa shape index (κ2) is 11.4. The lowest BCUT2D eigenvalue weighted by Crippen LogP contribution is -2.37. The minimum absolute atomic E-state index is 0.0688. The van der Waals surface area contributed by atoms with Crippen LogP contribution < -0.4 is 10.1 Å². The Balaban J connectivity index is 1.26. The topological polar surface area (TPSA) is 41.6 Å². The standard InChI is InChI=1S/C28H32N2O2S/c1-21-17-23(20-33-26-9-4-3-5-10-26)11-12-27(21)29-28(31)24-13-15-30(16-14-24)19-22-7-6-8-25(18-22)32-2/h3-12,17-18,24H,13-16,19-20H2,1-2H3,(H,29,31). The van der Waals surface area contributed by atoms with Gasteiger partial charge in [-0.15, -0.1) is 11.8 Å². The van der Waals surface area contributed by atoms with Gasteiger partial charge in [0, 0.05) is 28.8 Å². The lowest BCUT2D eigenvalue weighted by atomic mass is 9.95. The van der Waals surface area contributed by atoms with E-state index in [0.29, 0.717) is 0 Å². The van der Waals surface area contributed by atoms with Crippen LogP contribution in [0.2, 0.25) is 0 Å². The van der Waals surface area contributed by atoms with Crippen molar-refractivity contribution in [3.8, 4) is 5.75 Å². The summed E-state index contributed by atoms with van der Waals surface area (Å²) < 4.78 is 5.33. The molecule has 3 aromatic rings. The quantitative estimate of drug-likeness (QED) is 0.410. The number of hydrogen-bond acceptors (Lipinski definition) is 4. The highest BCUT2D eigenvalue weighted by Crippen LogP contribution is 2.26. The fourth-order valence-corrected chi connectivity index (χ4v) is 5.12. The predicted molar refractivity (Wildman–Crippen MR) is 137 cm³/mol. The Hall–Kier alpha value is -2.76. The SMILES string of the molecule is COc1cccc(CN2CCC(C(=O)Nc3ccc(CSc4ccccc4)cc3C)CC2)c1. The number of carbonyl (C=O) groups excluding carboxylic acids is 1. The first-order chi connectivity index (χ1) is 16.1. The molecule has 5 heteroatoms. The molecule has 0 atom stereocenters. The first kappa shape index (κ1) is 23.4. The summed E-state index contributed by atoms with van der Waals surface area (Å²) in [5, 5.41) is 3.18. The molecular formula is C28H32N2O2S. The molecule has 0 bridgehead atoms. The van der Waals surface area contributed by atoms with Crippen LogP contribution in [0.3, 0.4) is 0 Å². The zero-order chi connectivity index (χ0) is 23.0. The Bertz CT molecular complexity index is 1060. The number of thioether (sulfide) groups is 1. The van der Waals surface area contributed by atoms with Crippen LogP contribution in [0.25, 0.3) is 0 Å². The zero-order valence-electron chi connectivity index (χ0n) is 19.4. The Morgan fingerprint density at radius 3 is 2.52 bits per heavy atom. The number of nitrogens with one attached hydrogen (secondary N) is 1. The molecular weight excluding hydrogens is 428 g/mol. The van der Waals surface area contributed by atoms with Gasteiger partial charge in [0.05, 0.1) is 7.11 Å². The van der Waals surface area contributed by atoms with Gasteiger partial charge >= 0.3 is 0 Å². The molecule has 1 N–H and O–H groups in total. The number of likely N-dealkylation sites (tertiary alicyclic amines) is 1. The minimum Gasteiger partial charge on any atom is -0.497 e. The summed E-state index contributed by atoms with van der Waals surface area (Å²) in [5.41, 5.74) is 4.56. The number of carbonyl (C=O) groups is 1. The van der Waals surface area contributed by atoms with E-state index in [1.54, 1.807) is 7.11 Å². The highest BCUT2D eigenvalue weighted by Gasteiger charge is 2.25. The van der Waals surface area contributed by atoms with E-state index in [9.17, 15) is 4.79 Å². The van der Waals surface area contributed by atoms with E-state index in [-0.39, 0.29) is 11.8 Å². The number of aryl methyl sites for hydroxylation is 1. The molecule has 1 heterocycles. The molecule has 1 fully saturated rings. The summed E-state index contributed by atoms with van der Waals surface area (Å²) in [4.78, 5) is 16.6. The molecule has 0 aliphatic carbocycles. The summed E-state index contributed by atoms with van der Waals surface area (Å²) in [7, 11) is 1.70. The van der Waals surface area contributed by atoms with E-state index in [1.165, 1.54) is 16.0 Å². The molecule has 1 amide bonds. The van der Waals surface area contributed by atoms with E-state index < -0.39 is 0 Å². The lowest BCUT2D eigenvalue weighted by molar-refractivity contribution is -0.121. The summed E-state index contributed by atoms with van der Waals surface area (Å²) in [6.07, 6.45) is 1.78.